The van der Waals surface area contributed by atoms with Crippen LogP contribution in [0.5, 0.6) is 11.5 Å². The summed E-state index contributed by atoms with van der Waals surface area (Å²) >= 11 is 0. The molecule has 0 fully saturated rings. The van der Waals surface area contributed by atoms with Crippen LogP contribution < -0.4 is 25.6 Å². The van der Waals surface area contributed by atoms with Gasteiger partial charge < -0.3 is 19.5 Å². The van der Waals surface area contributed by atoms with Gasteiger partial charge in [0.15, 0.2) is 0 Å². The number of imidazole rings is 1. The van der Waals surface area contributed by atoms with Crippen LogP contribution in [0.2, 0.25) is 0 Å². The van der Waals surface area contributed by atoms with Gasteiger partial charge in [0.05, 0.1) is 36.6 Å². The molecule has 2 aromatic carbocycles. The Morgan fingerprint density at radius 2 is 1.69 bits per heavy atom. The lowest BCUT2D eigenvalue weighted by molar-refractivity contribution is -0.123. The van der Waals surface area contributed by atoms with Gasteiger partial charge in [-0.25, -0.2) is 20.6 Å². The summed E-state index contributed by atoms with van der Waals surface area (Å²) < 4.78 is 55.2. The largest absolute Gasteiger partial charge is 0.496 e. The number of hydrogen-bond acceptors (Lipinski definition) is 7. The Balaban J connectivity index is 1.98. The molecule has 0 radical (unpaired) electrons. The minimum absolute atomic E-state index is 0.000513. The highest BCUT2D eigenvalue weighted by Crippen LogP contribution is 2.34. The number of halogens is 3. The molecule has 0 atom stereocenters. The van der Waals surface area contributed by atoms with Crippen molar-refractivity contribution >= 4 is 28.7 Å². The third-order valence-electron chi connectivity index (χ3n) is 4.84. The zero-order chi connectivity index (χ0) is 26.8. The van der Waals surface area contributed by atoms with E-state index in [2.05, 4.69) is 4.98 Å². The molecule has 0 aliphatic carbocycles. The van der Waals surface area contributed by atoms with Crippen LogP contribution in [-0.2, 0) is 4.74 Å². The first-order chi connectivity index (χ1) is 16.7. The number of hydrogen-bond donors (Lipinski definition) is 2. The number of ether oxygens (including phenoxy) is 3. The van der Waals surface area contributed by atoms with Crippen molar-refractivity contribution in [1.82, 2.24) is 14.9 Å². The second kappa shape index (κ2) is 9.93. The average molecular weight is 509 g/mol. The summed E-state index contributed by atoms with van der Waals surface area (Å²) in [5.74, 6) is 4.91. The lowest BCUT2D eigenvalue weighted by Crippen LogP contribution is -2.41. The van der Waals surface area contributed by atoms with Crippen LogP contribution >= 0.6 is 0 Å². The van der Waals surface area contributed by atoms with Gasteiger partial charge in [-0.1, -0.05) is 0 Å². The molecule has 2 amide bonds. The molecule has 0 bridgehead atoms. The van der Waals surface area contributed by atoms with Crippen molar-refractivity contribution in [3.05, 3.63) is 42.2 Å². The van der Waals surface area contributed by atoms with Crippen LogP contribution in [-0.4, -0.2) is 54.1 Å². The molecule has 3 N–H and O–H groups in total. The first-order valence-corrected chi connectivity index (χ1v) is 10.6. The molecule has 194 valence electrons. The summed E-state index contributed by atoms with van der Waals surface area (Å²) in [6.45, 7) is 3.65. The maximum absolute atomic E-state index is 12.6. The van der Waals surface area contributed by atoms with E-state index < -0.39 is 30.3 Å². The van der Waals surface area contributed by atoms with Gasteiger partial charge in [0.25, 0.3) is 5.91 Å². The molecular weight excluding hydrogens is 483 g/mol. The van der Waals surface area contributed by atoms with E-state index in [1.165, 1.54) is 32.7 Å². The summed E-state index contributed by atoms with van der Waals surface area (Å²) in [4.78, 5) is 29.1. The van der Waals surface area contributed by atoms with E-state index in [1.807, 2.05) is 5.32 Å². The van der Waals surface area contributed by atoms with Crippen molar-refractivity contribution in [3.63, 3.8) is 0 Å². The van der Waals surface area contributed by atoms with Gasteiger partial charge in [-0.3, -0.25) is 9.36 Å². The highest BCUT2D eigenvalue weighted by molar-refractivity contribution is 6.00. The van der Waals surface area contributed by atoms with Crippen LogP contribution in [0.3, 0.4) is 0 Å². The third-order valence-corrected chi connectivity index (χ3v) is 4.84. The van der Waals surface area contributed by atoms with E-state index in [0.717, 1.165) is 5.01 Å². The van der Waals surface area contributed by atoms with Crippen LogP contribution in [0, 0.1) is 0 Å². The number of anilines is 1. The van der Waals surface area contributed by atoms with Crippen LogP contribution in [0.25, 0.3) is 16.7 Å². The third kappa shape index (κ3) is 5.97. The smallest absolute Gasteiger partial charge is 0.429 e. The first-order valence-electron chi connectivity index (χ1n) is 10.6. The summed E-state index contributed by atoms with van der Waals surface area (Å²) in [5.41, 5.74) is 0.979. The molecule has 0 spiro atoms. The van der Waals surface area contributed by atoms with Crippen LogP contribution in [0.1, 0.15) is 31.1 Å². The molecule has 36 heavy (non-hydrogen) atoms. The molecular formula is C23H26F3N5O5. The Hall–Kier alpha value is -4.00. The van der Waals surface area contributed by atoms with Crippen molar-refractivity contribution < 1.29 is 37.0 Å². The Morgan fingerprint density at radius 1 is 1.08 bits per heavy atom. The second-order valence-corrected chi connectivity index (χ2v) is 8.66. The highest BCUT2D eigenvalue weighted by Gasteiger charge is 2.30. The SMILES string of the molecule is COc1cc(-n2cnc3cc(N(N)C(=O)OC(C)(C)C)ccc32)cc(OC)c1C(=O)NCC(F)(F)F. The van der Waals surface area contributed by atoms with Gasteiger partial charge in [-0.2, -0.15) is 13.2 Å². The fraction of sp³-hybridized carbons (Fsp3) is 0.348. The number of carbonyl (C=O) groups is 2. The van der Waals surface area contributed by atoms with Crippen molar-refractivity contribution in [1.29, 1.82) is 0 Å². The topological polar surface area (TPSA) is 121 Å². The number of alkyl halides is 3. The zero-order valence-corrected chi connectivity index (χ0v) is 20.3. The average Bonchev–Trinajstić information content (AvgIpc) is 3.22. The standard InChI is InChI=1S/C23H26F3N5O5/c1-22(2,3)36-21(33)31(27)13-6-7-16-15(8-13)29-12-30(16)14-9-17(34-4)19(18(10-14)35-5)20(32)28-11-23(24,25)26/h6-10,12H,11,27H2,1-5H3,(H,28,32). The fourth-order valence-electron chi connectivity index (χ4n) is 3.30. The number of nitrogens with two attached hydrogens (primary N) is 1. The van der Waals surface area contributed by atoms with Crippen molar-refractivity contribution in [3.8, 4) is 17.2 Å². The first kappa shape index (κ1) is 26.6. The van der Waals surface area contributed by atoms with Gasteiger partial charge in [0.1, 0.15) is 35.5 Å². The van der Waals surface area contributed by atoms with Gasteiger partial charge in [0, 0.05) is 12.1 Å². The number of nitrogens with one attached hydrogen (secondary N) is 1. The van der Waals surface area contributed by atoms with E-state index in [4.69, 9.17) is 20.1 Å². The number of nitrogens with zero attached hydrogens (tertiary/aromatic N) is 3. The molecule has 13 heteroatoms. The predicted octanol–water partition coefficient (Wildman–Crippen LogP) is 3.95. The number of rotatable bonds is 6. The van der Waals surface area contributed by atoms with E-state index in [1.54, 1.807) is 43.5 Å². The number of amides is 2. The number of carbonyl (C=O) groups excluding carboxylic acids is 2. The highest BCUT2D eigenvalue weighted by atomic mass is 19.4. The molecule has 0 aliphatic heterocycles. The Labute approximate surface area is 204 Å². The zero-order valence-electron chi connectivity index (χ0n) is 20.3. The second-order valence-electron chi connectivity index (χ2n) is 8.66. The Bertz CT molecular complexity index is 1260. The summed E-state index contributed by atoms with van der Waals surface area (Å²) in [7, 11) is 2.56. The molecule has 1 heterocycles. The Kier molecular flexibility index (Phi) is 7.34. The summed E-state index contributed by atoms with van der Waals surface area (Å²) in [6, 6.07) is 7.79. The number of fused-ring (bicyclic) bond motifs is 1. The fourth-order valence-corrected chi connectivity index (χ4v) is 3.30. The molecule has 3 rings (SSSR count). The predicted molar refractivity (Wildman–Crippen MR) is 125 cm³/mol. The number of aromatic nitrogens is 2. The molecule has 10 nitrogen and oxygen atoms in total. The minimum Gasteiger partial charge on any atom is -0.496 e. The minimum atomic E-state index is -4.58. The van der Waals surface area contributed by atoms with E-state index >= 15 is 0 Å². The van der Waals surface area contributed by atoms with Gasteiger partial charge >= 0.3 is 12.3 Å². The number of methoxy groups -OCH3 is 2. The maximum atomic E-state index is 12.6. The monoisotopic (exact) mass is 509 g/mol. The maximum Gasteiger partial charge on any atom is 0.429 e. The molecule has 0 aliphatic rings. The molecule has 1 aromatic heterocycles. The van der Waals surface area contributed by atoms with Crippen molar-refractivity contribution in [2.24, 2.45) is 5.84 Å². The van der Waals surface area contributed by atoms with Gasteiger partial charge in [-0.05, 0) is 39.0 Å². The normalized spacial score (nSPS) is 11.8. The van der Waals surface area contributed by atoms with E-state index in [-0.39, 0.29) is 17.1 Å². The molecule has 0 saturated carbocycles. The Morgan fingerprint density at radius 3 is 2.22 bits per heavy atom. The number of hydrazine groups is 1. The van der Waals surface area contributed by atoms with Gasteiger partial charge in [0.2, 0.25) is 0 Å². The summed E-state index contributed by atoms with van der Waals surface area (Å²) in [5, 5.41) is 2.68. The lowest BCUT2D eigenvalue weighted by Gasteiger charge is -2.24. The quantitative estimate of drug-likeness (QED) is 0.293. The number of benzene rings is 2. The van der Waals surface area contributed by atoms with Gasteiger partial charge in [-0.15, -0.1) is 0 Å². The van der Waals surface area contributed by atoms with E-state index in [0.29, 0.717) is 22.4 Å². The molecule has 0 unspecified atom stereocenters. The van der Waals surface area contributed by atoms with Crippen LogP contribution in [0.4, 0.5) is 23.7 Å². The summed E-state index contributed by atoms with van der Waals surface area (Å²) in [6.07, 6.45) is -3.83. The van der Waals surface area contributed by atoms with Crippen LogP contribution in [0.15, 0.2) is 36.7 Å². The lowest BCUT2D eigenvalue weighted by atomic mass is 10.1. The van der Waals surface area contributed by atoms with Crippen molar-refractivity contribution in [2.45, 2.75) is 32.5 Å². The molecule has 0 saturated heterocycles. The molecule has 3 aromatic rings. The van der Waals surface area contributed by atoms with Crippen molar-refractivity contribution in [2.75, 3.05) is 25.8 Å². The van der Waals surface area contributed by atoms with E-state index in [9.17, 15) is 22.8 Å².